The lowest BCUT2D eigenvalue weighted by molar-refractivity contribution is 0.232. The van der Waals surface area contributed by atoms with Crippen molar-refractivity contribution in [2.45, 2.75) is 25.7 Å². The Hall–Kier alpha value is -0.770. The molecule has 1 aliphatic carbocycles. The summed E-state index contributed by atoms with van der Waals surface area (Å²) in [6.07, 6.45) is 5.13. The summed E-state index contributed by atoms with van der Waals surface area (Å²) in [5.41, 5.74) is 7.01. The molecule has 0 aromatic rings. The molecule has 1 saturated carbocycles. The molecule has 11 heavy (non-hydrogen) atoms. The maximum Gasteiger partial charge on any atom is 0.212 e. The molecule has 1 aliphatic rings. The molecule has 0 atom stereocenters. The van der Waals surface area contributed by atoms with E-state index in [2.05, 4.69) is 4.99 Å². The average Bonchev–Trinajstić information content (AvgIpc) is 1.94. The zero-order valence-corrected chi connectivity index (χ0v) is 6.58. The quantitative estimate of drug-likeness (QED) is 0.317. The minimum absolute atomic E-state index is 0.115. The summed E-state index contributed by atoms with van der Waals surface area (Å²) in [5, 5.41) is 8.27. The molecule has 0 saturated heterocycles. The molecule has 0 aliphatic heterocycles. The van der Waals surface area contributed by atoms with Crippen LogP contribution >= 0.6 is 0 Å². The summed E-state index contributed by atoms with van der Waals surface area (Å²) in [4.78, 5) is 3.90. The van der Waals surface area contributed by atoms with Crippen molar-refractivity contribution in [3.05, 3.63) is 0 Å². The van der Waals surface area contributed by atoms with Crippen LogP contribution in [0.15, 0.2) is 4.99 Å². The van der Waals surface area contributed by atoms with Gasteiger partial charge in [0.05, 0.1) is 0 Å². The van der Waals surface area contributed by atoms with E-state index in [0.29, 0.717) is 0 Å². The van der Waals surface area contributed by atoms with E-state index >= 15 is 0 Å². The fourth-order valence-corrected chi connectivity index (χ4v) is 1.18. The molecule has 0 aromatic carbocycles. The van der Waals surface area contributed by atoms with Crippen molar-refractivity contribution >= 4 is 5.96 Å². The van der Waals surface area contributed by atoms with Crippen LogP contribution in [0, 0.1) is 5.92 Å². The number of nitrogens with one attached hydrogen (secondary N) is 1. The van der Waals surface area contributed by atoms with E-state index in [4.69, 9.17) is 10.9 Å². The second-order valence-electron chi connectivity index (χ2n) is 2.96. The SMILES string of the molecule is NC(=NCCC1CCC1)NO. The summed E-state index contributed by atoms with van der Waals surface area (Å²) in [5.74, 6) is 0.967. The lowest BCUT2D eigenvalue weighted by Crippen LogP contribution is -2.28. The number of hydrogen-bond acceptors (Lipinski definition) is 2. The lowest BCUT2D eigenvalue weighted by atomic mass is 9.83. The summed E-state index contributed by atoms with van der Waals surface area (Å²) < 4.78 is 0. The van der Waals surface area contributed by atoms with Crippen molar-refractivity contribution in [3.8, 4) is 0 Å². The van der Waals surface area contributed by atoms with E-state index in [0.717, 1.165) is 18.9 Å². The Morgan fingerprint density at radius 1 is 1.64 bits per heavy atom. The zero-order valence-electron chi connectivity index (χ0n) is 6.58. The Morgan fingerprint density at radius 2 is 2.36 bits per heavy atom. The van der Waals surface area contributed by atoms with Gasteiger partial charge in [-0.05, 0) is 12.3 Å². The lowest BCUT2D eigenvalue weighted by Gasteiger charge is -2.24. The van der Waals surface area contributed by atoms with Gasteiger partial charge in [-0.2, -0.15) is 0 Å². The Balaban J connectivity index is 2.02. The molecule has 4 heteroatoms. The van der Waals surface area contributed by atoms with Crippen LogP contribution in [0.1, 0.15) is 25.7 Å². The number of nitrogens with zero attached hydrogens (tertiary/aromatic N) is 1. The third-order valence-corrected chi connectivity index (χ3v) is 2.16. The number of hydroxylamine groups is 1. The molecule has 0 radical (unpaired) electrons. The highest BCUT2D eigenvalue weighted by atomic mass is 16.5. The van der Waals surface area contributed by atoms with Crippen LogP contribution in [-0.4, -0.2) is 17.7 Å². The first-order valence-electron chi connectivity index (χ1n) is 4.03. The van der Waals surface area contributed by atoms with Gasteiger partial charge in [-0.1, -0.05) is 19.3 Å². The molecule has 1 rings (SSSR count). The highest BCUT2D eigenvalue weighted by Gasteiger charge is 2.15. The number of nitrogens with two attached hydrogens (primary N) is 1. The number of aliphatic imine (C=N–C) groups is 1. The van der Waals surface area contributed by atoms with Crippen molar-refractivity contribution in [3.63, 3.8) is 0 Å². The van der Waals surface area contributed by atoms with Crippen LogP contribution < -0.4 is 11.2 Å². The van der Waals surface area contributed by atoms with E-state index in [1.807, 2.05) is 0 Å². The molecule has 0 aromatic heterocycles. The molecular formula is C7H15N3O. The average molecular weight is 157 g/mol. The maximum absolute atomic E-state index is 8.27. The molecular weight excluding hydrogens is 142 g/mol. The van der Waals surface area contributed by atoms with Gasteiger partial charge in [0.1, 0.15) is 0 Å². The normalized spacial score (nSPS) is 19.5. The van der Waals surface area contributed by atoms with Gasteiger partial charge in [-0.25, -0.2) is 5.48 Å². The van der Waals surface area contributed by atoms with E-state index in [1.165, 1.54) is 19.3 Å². The summed E-state index contributed by atoms with van der Waals surface area (Å²) in [6.45, 7) is 0.726. The van der Waals surface area contributed by atoms with Crippen molar-refractivity contribution in [2.75, 3.05) is 6.54 Å². The maximum atomic E-state index is 8.27. The van der Waals surface area contributed by atoms with Crippen LogP contribution in [0.4, 0.5) is 0 Å². The second-order valence-corrected chi connectivity index (χ2v) is 2.96. The molecule has 0 unspecified atom stereocenters. The van der Waals surface area contributed by atoms with Crippen molar-refractivity contribution in [2.24, 2.45) is 16.6 Å². The van der Waals surface area contributed by atoms with Crippen LogP contribution in [-0.2, 0) is 0 Å². The van der Waals surface area contributed by atoms with E-state index in [1.54, 1.807) is 5.48 Å². The Kier molecular flexibility index (Phi) is 3.16. The van der Waals surface area contributed by atoms with Gasteiger partial charge in [0.15, 0.2) is 0 Å². The molecule has 4 nitrogen and oxygen atoms in total. The largest absolute Gasteiger partial charge is 0.368 e. The van der Waals surface area contributed by atoms with Gasteiger partial charge in [-0.3, -0.25) is 10.2 Å². The van der Waals surface area contributed by atoms with Crippen molar-refractivity contribution < 1.29 is 5.21 Å². The first-order valence-corrected chi connectivity index (χ1v) is 4.03. The number of hydrogen-bond donors (Lipinski definition) is 3. The third-order valence-electron chi connectivity index (χ3n) is 2.16. The van der Waals surface area contributed by atoms with E-state index < -0.39 is 0 Å². The third kappa shape index (κ3) is 2.76. The van der Waals surface area contributed by atoms with E-state index in [-0.39, 0.29) is 5.96 Å². The fourth-order valence-electron chi connectivity index (χ4n) is 1.18. The molecule has 0 heterocycles. The molecule has 0 bridgehead atoms. The van der Waals surface area contributed by atoms with Crippen molar-refractivity contribution in [1.29, 1.82) is 0 Å². The molecule has 0 spiro atoms. The first kappa shape index (κ1) is 8.33. The highest BCUT2D eigenvalue weighted by molar-refractivity contribution is 5.76. The van der Waals surface area contributed by atoms with Crippen LogP contribution in [0.3, 0.4) is 0 Å². The summed E-state index contributed by atoms with van der Waals surface area (Å²) >= 11 is 0. The predicted octanol–water partition coefficient (Wildman–Crippen LogP) is 0.470. The van der Waals surface area contributed by atoms with Crippen LogP contribution in [0.2, 0.25) is 0 Å². The highest BCUT2D eigenvalue weighted by Crippen LogP contribution is 2.28. The topological polar surface area (TPSA) is 70.6 Å². The van der Waals surface area contributed by atoms with Gasteiger partial charge in [0.25, 0.3) is 0 Å². The molecule has 0 amide bonds. The van der Waals surface area contributed by atoms with Crippen molar-refractivity contribution in [1.82, 2.24) is 5.48 Å². The standard InChI is InChI=1S/C7H15N3O/c8-7(10-11)9-5-4-6-2-1-3-6/h6,11H,1-5H2,(H3,8,9,10). The Bertz CT molecular complexity index is 143. The Labute approximate surface area is 66.5 Å². The zero-order chi connectivity index (χ0) is 8.10. The fraction of sp³-hybridized carbons (Fsp3) is 0.857. The van der Waals surface area contributed by atoms with Gasteiger partial charge in [0, 0.05) is 6.54 Å². The number of guanidine groups is 1. The minimum atomic E-state index is 0.115. The summed E-state index contributed by atoms with van der Waals surface area (Å²) in [7, 11) is 0. The van der Waals surface area contributed by atoms with E-state index in [9.17, 15) is 0 Å². The smallest absolute Gasteiger partial charge is 0.212 e. The summed E-state index contributed by atoms with van der Waals surface area (Å²) in [6, 6.07) is 0. The first-order chi connectivity index (χ1) is 5.33. The minimum Gasteiger partial charge on any atom is -0.368 e. The molecule has 1 fully saturated rings. The van der Waals surface area contributed by atoms with Gasteiger partial charge in [-0.15, -0.1) is 0 Å². The van der Waals surface area contributed by atoms with Crippen LogP contribution in [0.5, 0.6) is 0 Å². The Morgan fingerprint density at radius 3 is 2.82 bits per heavy atom. The second kappa shape index (κ2) is 4.18. The predicted molar refractivity (Wildman–Crippen MR) is 43.4 cm³/mol. The van der Waals surface area contributed by atoms with Gasteiger partial charge < -0.3 is 5.73 Å². The molecule has 64 valence electrons. The van der Waals surface area contributed by atoms with Crippen LogP contribution in [0.25, 0.3) is 0 Å². The van der Waals surface area contributed by atoms with Gasteiger partial charge in [0.2, 0.25) is 5.96 Å². The molecule has 4 N–H and O–H groups in total. The van der Waals surface area contributed by atoms with Gasteiger partial charge >= 0.3 is 0 Å². The number of rotatable bonds is 3. The monoisotopic (exact) mass is 157 g/mol.